The van der Waals surface area contributed by atoms with Crippen LogP contribution in [-0.4, -0.2) is 23.7 Å². The molecular formula is C18H18N2OS2. The standard InChI is InChI=1S/C18H18N2OS2/c1-3-20(18-19-15-6-4-5-7-16(15)23-18)17(21)14-10-8-13(9-11-14)12-22-2/h4-11H,3,12H2,1-2H3. The van der Waals surface area contributed by atoms with Gasteiger partial charge < -0.3 is 0 Å². The van der Waals surface area contributed by atoms with Crippen molar-refractivity contribution >= 4 is 44.4 Å². The monoisotopic (exact) mass is 342 g/mol. The van der Waals surface area contributed by atoms with Crippen LogP contribution in [0.25, 0.3) is 10.2 Å². The zero-order chi connectivity index (χ0) is 16.2. The van der Waals surface area contributed by atoms with Gasteiger partial charge in [-0.05, 0) is 43.0 Å². The molecule has 0 aliphatic heterocycles. The van der Waals surface area contributed by atoms with Crippen LogP contribution < -0.4 is 4.90 Å². The Hall–Kier alpha value is -1.85. The first-order valence-electron chi connectivity index (χ1n) is 7.48. The molecule has 1 aromatic heterocycles. The second-order valence-electron chi connectivity index (χ2n) is 5.14. The maximum Gasteiger partial charge on any atom is 0.260 e. The van der Waals surface area contributed by atoms with Gasteiger partial charge in [-0.2, -0.15) is 11.8 Å². The van der Waals surface area contributed by atoms with Gasteiger partial charge in [0.15, 0.2) is 5.13 Å². The number of para-hydroxylation sites is 1. The third-order valence-corrected chi connectivity index (χ3v) is 5.27. The summed E-state index contributed by atoms with van der Waals surface area (Å²) in [7, 11) is 0. The zero-order valence-electron chi connectivity index (χ0n) is 13.2. The van der Waals surface area contributed by atoms with E-state index in [0.717, 1.165) is 21.1 Å². The van der Waals surface area contributed by atoms with E-state index in [9.17, 15) is 4.79 Å². The van der Waals surface area contributed by atoms with Crippen LogP contribution in [0.1, 0.15) is 22.8 Å². The van der Waals surface area contributed by atoms with E-state index in [1.54, 1.807) is 28.0 Å². The van der Waals surface area contributed by atoms with Crippen LogP contribution in [-0.2, 0) is 5.75 Å². The quantitative estimate of drug-likeness (QED) is 0.666. The van der Waals surface area contributed by atoms with Crippen molar-refractivity contribution in [3.63, 3.8) is 0 Å². The third kappa shape index (κ3) is 3.41. The summed E-state index contributed by atoms with van der Waals surface area (Å²) in [5.74, 6) is 0.964. The molecule has 0 unspecified atom stereocenters. The largest absolute Gasteiger partial charge is 0.284 e. The van der Waals surface area contributed by atoms with Gasteiger partial charge in [0, 0.05) is 17.9 Å². The molecular weight excluding hydrogens is 324 g/mol. The molecule has 0 bridgehead atoms. The van der Waals surface area contributed by atoms with E-state index in [2.05, 4.69) is 11.2 Å². The fraction of sp³-hybridized carbons (Fsp3) is 0.222. The maximum absolute atomic E-state index is 12.8. The minimum absolute atomic E-state index is 0.00209. The summed E-state index contributed by atoms with van der Waals surface area (Å²) in [6.45, 7) is 2.58. The second-order valence-corrected chi connectivity index (χ2v) is 7.02. The fourth-order valence-corrected chi connectivity index (χ4v) is 3.96. The van der Waals surface area contributed by atoms with E-state index >= 15 is 0 Å². The van der Waals surface area contributed by atoms with Gasteiger partial charge in [0.1, 0.15) is 0 Å². The van der Waals surface area contributed by atoms with Gasteiger partial charge in [-0.1, -0.05) is 35.6 Å². The molecule has 0 atom stereocenters. The molecule has 0 spiro atoms. The van der Waals surface area contributed by atoms with Gasteiger partial charge in [-0.15, -0.1) is 0 Å². The lowest BCUT2D eigenvalue weighted by Crippen LogP contribution is -2.30. The highest BCUT2D eigenvalue weighted by Crippen LogP contribution is 2.29. The van der Waals surface area contributed by atoms with Gasteiger partial charge in [-0.25, -0.2) is 4.98 Å². The van der Waals surface area contributed by atoms with Crippen molar-refractivity contribution in [2.75, 3.05) is 17.7 Å². The number of nitrogens with zero attached hydrogens (tertiary/aromatic N) is 2. The van der Waals surface area contributed by atoms with Crippen LogP contribution >= 0.6 is 23.1 Å². The predicted octanol–water partition coefficient (Wildman–Crippen LogP) is 4.83. The van der Waals surface area contributed by atoms with E-state index in [-0.39, 0.29) is 5.91 Å². The number of hydrogen-bond donors (Lipinski definition) is 0. The van der Waals surface area contributed by atoms with Crippen molar-refractivity contribution in [1.82, 2.24) is 4.98 Å². The molecule has 0 saturated heterocycles. The molecule has 3 nitrogen and oxygen atoms in total. The molecule has 0 fully saturated rings. The summed E-state index contributed by atoms with van der Waals surface area (Å²) in [4.78, 5) is 19.2. The maximum atomic E-state index is 12.8. The first-order chi connectivity index (χ1) is 11.2. The number of carbonyl (C=O) groups is 1. The molecule has 3 aromatic rings. The number of thiazole rings is 1. The number of carbonyl (C=O) groups excluding carboxylic acids is 1. The molecule has 2 aromatic carbocycles. The van der Waals surface area contributed by atoms with Crippen LogP contribution in [0.4, 0.5) is 5.13 Å². The van der Waals surface area contributed by atoms with Crippen LogP contribution in [0, 0.1) is 0 Å². The van der Waals surface area contributed by atoms with Crippen molar-refractivity contribution in [2.24, 2.45) is 0 Å². The highest BCUT2D eigenvalue weighted by atomic mass is 32.2. The van der Waals surface area contributed by atoms with E-state index in [1.807, 2.05) is 55.5 Å². The second kappa shape index (κ2) is 7.15. The molecule has 0 aliphatic rings. The summed E-state index contributed by atoms with van der Waals surface area (Å²) in [5, 5.41) is 0.756. The predicted molar refractivity (Wildman–Crippen MR) is 101 cm³/mol. The van der Waals surface area contributed by atoms with E-state index < -0.39 is 0 Å². The van der Waals surface area contributed by atoms with E-state index in [4.69, 9.17) is 0 Å². The highest BCUT2D eigenvalue weighted by molar-refractivity contribution is 7.97. The minimum Gasteiger partial charge on any atom is -0.284 e. The highest BCUT2D eigenvalue weighted by Gasteiger charge is 2.19. The van der Waals surface area contributed by atoms with Gasteiger partial charge in [-0.3, -0.25) is 9.69 Å². The Bertz CT molecular complexity index is 778. The number of hydrogen-bond acceptors (Lipinski definition) is 4. The summed E-state index contributed by atoms with van der Waals surface area (Å²) in [6, 6.07) is 15.8. The Morgan fingerprint density at radius 2 is 1.91 bits per heavy atom. The number of aromatic nitrogens is 1. The van der Waals surface area contributed by atoms with Crippen molar-refractivity contribution in [2.45, 2.75) is 12.7 Å². The average molecular weight is 342 g/mol. The zero-order valence-corrected chi connectivity index (χ0v) is 14.8. The van der Waals surface area contributed by atoms with Crippen LogP contribution in [0.3, 0.4) is 0 Å². The molecule has 0 saturated carbocycles. The number of anilines is 1. The normalized spacial score (nSPS) is 10.9. The Balaban J connectivity index is 1.88. The smallest absolute Gasteiger partial charge is 0.260 e. The minimum atomic E-state index is 0.00209. The Kier molecular flexibility index (Phi) is 4.98. The van der Waals surface area contributed by atoms with Gasteiger partial charge in [0.2, 0.25) is 0 Å². The molecule has 0 N–H and O–H groups in total. The van der Waals surface area contributed by atoms with Crippen molar-refractivity contribution in [3.05, 3.63) is 59.7 Å². The number of benzene rings is 2. The Morgan fingerprint density at radius 1 is 1.17 bits per heavy atom. The molecule has 0 radical (unpaired) electrons. The van der Waals surface area contributed by atoms with Gasteiger partial charge in [0.25, 0.3) is 5.91 Å². The molecule has 0 aliphatic carbocycles. The number of rotatable bonds is 5. The summed E-state index contributed by atoms with van der Waals surface area (Å²) in [5.41, 5.74) is 2.88. The first kappa shape index (κ1) is 16.0. The molecule has 1 heterocycles. The molecule has 1 amide bonds. The lowest BCUT2D eigenvalue weighted by molar-refractivity contribution is 0.0988. The average Bonchev–Trinajstić information content (AvgIpc) is 3.00. The van der Waals surface area contributed by atoms with Crippen molar-refractivity contribution in [1.29, 1.82) is 0 Å². The van der Waals surface area contributed by atoms with Crippen molar-refractivity contribution < 1.29 is 4.79 Å². The lowest BCUT2D eigenvalue weighted by Gasteiger charge is -2.17. The van der Waals surface area contributed by atoms with Crippen LogP contribution in [0.5, 0.6) is 0 Å². The summed E-state index contributed by atoms with van der Waals surface area (Å²) < 4.78 is 1.10. The van der Waals surface area contributed by atoms with E-state index in [1.165, 1.54) is 5.56 Å². The molecule has 5 heteroatoms. The topological polar surface area (TPSA) is 33.2 Å². The number of amides is 1. The third-order valence-electron chi connectivity index (χ3n) is 3.59. The molecule has 23 heavy (non-hydrogen) atoms. The molecule has 118 valence electrons. The summed E-state index contributed by atoms with van der Waals surface area (Å²) in [6.07, 6.45) is 2.07. The SMILES string of the molecule is CCN(C(=O)c1ccc(CSC)cc1)c1nc2ccccc2s1. The van der Waals surface area contributed by atoms with Crippen LogP contribution in [0.15, 0.2) is 48.5 Å². The Morgan fingerprint density at radius 3 is 2.57 bits per heavy atom. The first-order valence-corrected chi connectivity index (χ1v) is 9.69. The Labute approximate surface area is 144 Å². The summed E-state index contributed by atoms with van der Waals surface area (Å²) >= 11 is 3.33. The van der Waals surface area contributed by atoms with Crippen molar-refractivity contribution in [3.8, 4) is 0 Å². The number of thioether (sulfide) groups is 1. The fourth-order valence-electron chi connectivity index (χ4n) is 2.41. The van der Waals surface area contributed by atoms with Gasteiger partial charge in [0.05, 0.1) is 10.2 Å². The number of fused-ring (bicyclic) bond motifs is 1. The lowest BCUT2D eigenvalue weighted by atomic mass is 10.1. The van der Waals surface area contributed by atoms with Crippen LogP contribution in [0.2, 0.25) is 0 Å². The molecule has 3 rings (SSSR count). The van der Waals surface area contributed by atoms with Gasteiger partial charge >= 0.3 is 0 Å². The van der Waals surface area contributed by atoms with E-state index in [0.29, 0.717) is 12.1 Å².